The Balaban J connectivity index is 1.19. The number of benzene rings is 8. The second-order valence-corrected chi connectivity index (χ2v) is 12.2. The van der Waals surface area contributed by atoms with Gasteiger partial charge in [0.05, 0.1) is 5.69 Å². The van der Waals surface area contributed by atoms with E-state index in [0.29, 0.717) is 0 Å². The van der Waals surface area contributed by atoms with Gasteiger partial charge in [-0.1, -0.05) is 146 Å². The quantitative estimate of drug-likeness (QED) is 0.174. The van der Waals surface area contributed by atoms with E-state index in [1.165, 1.54) is 32.7 Å². The van der Waals surface area contributed by atoms with Crippen LogP contribution in [0.25, 0.3) is 66.1 Å². The zero-order chi connectivity index (χ0) is 31.9. The first-order valence-corrected chi connectivity index (χ1v) is 16.3. The maximum atomic E-state index is 6.30. The van der Waals surface area contributed by atoms with Crippen molar-refractivity contribution in [3.8, 4) is 33.6 Å². The zero-order valence-corrected chi connectivity index (χ0v) is 26.3. The Morgan fingerprint density at radius 3 is 1.79 bits per heavy atom. The molecule has 0 unspecified atom stereocenters. The molecule has 0 N–H and O–H groups in total. The first-order valence-electron chi connectivity index (χ1n) is 16.3. The van der Waals surface area contributed by atoms with Crippen LogP contribution in [0.4, 0.5) is 17.1 Å². The molecule has 2 heteroatoms. The van der Waals surface area contributed by atoms with Crippen LogP contribution in [-0.4, -0.2) is 0 Å². The van der Waals surface area contributed by atoms with Crippen molar-refractivity contribution in [1.29, 1.82) is 0 Å². The molecule has 0 saturated carbocycles. The van der Waals surface area contributed by atoms with Crippen LogP contribution >= 0.6 is 0 Å². The molecule has 226 valence electrons. The zero-order valence-electron chi connectivity index (χ0n) is 26.3. The molecule has 0 atom stereocenters. The molecule has 2 nitrogen and oxygen atoms in total. The van der Waals surface area contributed by atoms with Crippen LogP contribution in [0.15, 0.2) is 192 Å². The molecule has 0 saturated heterocycles. The molecule has 0 aliphatic heterocycles. The molecular formula is C46H31NO. The summed E-state index contributed by atoms with van der Waals surface area (Å²) in [6.07, 6.45) is 0. The Hall–Kier alpha value is -6.38. The average molecular weight is 614 g/mol. The maximum Gasteiger partial charge on any atom is 0.136 e. The molecular weight excluding hydrogens is 583 g/mol. The van der Waals surface area contributed by atoms with Gasteiger partial charge in [-0.25, -0.2) is 0 Å². The molecule has 0 amide bonds. The molecule has 1 heterocycles. The van der Waals surface area contributed by atoms with Gasteiger partial charge in [-0.05, 0) is 80.7 Å². The van der Waals surface area contributed by atoms with Gasteiger partial charge in [0, 0.05) is 27.9 Å². The number of hydrogen-bond donors (Lipinski definition) is 0. The molecule has 0 spiro atoms. The summed E-state index contributed by atoms with van der Waals surface area (Å²) in [5, 5.41) is 6.09. The first-order chi connectivity index (χ1) is 23.8. The molecule has 1 aromatic heterocycles. The summed E-state index contributed by atoms with van der Waals surface area (Å²) < 4.78 is 6.30. The maximum absolute atomic E-state index is 6.30. The van der Waals surface area contributed by atoms with Crippen LogP contribution in [-0.2, 0) is 0 Å². The summed E-state index contributed by atoms with van der Waals surface area (Å²) in [7, 11) is 0. The lowest BCUT2D eigenvalue weighted by Crippen LogP contribution is -2.11. The number of fused-ring (bicyclic) bond motifs is 4. The Morgan fingerprint density at radius 2 is 0.958 bits per heavy atom. The van der Waals surface area contributed by atoms with Crippen LogP contribution in [0.2, 0.25) is 0 Å². The largest absolute Gasteiger partial charge is 0.456 e. The molecule has 9 aromatic rings. The lowest BCUT2D eigenvalue weighted by atomic mass is 9.97. The molecule has 9 rings (SSSR count). The van der Waals surface area contributed by atoms with Gasteiger partial charge in [-0.2, -0.15) is 0 Å². The monoisotopic (exact) mass is 613 g/mol. The summed E-state index contributed by atoms with van der Waals surface area (Å²) in [5.41, 5.74) is 9.92. The third-order valence-corrected chi connectivity index (χ3v) is 9.27. The highest BCUT2D eigenvalue weighted by molar-refractivity contribution is 6.08. The lowest BCUT2D eigenvalue weighted by molar-refractivity contribution is 0.632. The van der Waals surface area contributed by atoms with Crippen molar-refractivity contribution in [2.45, 2.75) is 0 Å². The summed E-state index contributed by atoms with van der Waals surface area (Å²) in [6.45, 7) is 0. The number of para-hydroxylation sites is 2. The van der Waals surface area contributed by atoms with Crippen molar-refractivity contribution in [2.24, 2.45) is 0 Å². The highest BCUT2D eigenvalue weighted by atomic mass is 16.3. The standard InChI is InChI=1S/C46H31NO/c1-2-12-32(13-3-1)42-18-9-10-20-44(42)47(38-28-29-41-35(30-38)23-22-33-14-4-6-16-39(33)41)37-26-24-34(25-27-37)40-17-7-8-19-43(40)46-31-36-15-5-11-21-45(36)48-46/h1-31H. The van der Waals surface area contributed by atoms with Crippen molar-refractivity contribution in [3.63, 3.8) is 0 Å². The lowest BCUT2D eigenvalue weighted by Gasteiger charge is -2.28. The van der Waals surface area contributed by atoms with Crippen molar-refractivity contribution >= 4 is 49.6 Å². The number of nitrogens with zero attached hydrogens (tertiary/aromatic N) is 1. The van der Waals surface area contributed by atoms with E-state index in [4.69, 9.17) is 4.42 Å². The Bertz CT molecular complexity index is 2530. The number of rotatable bonds is 6. The third-order valence-electron chi connectivity index (χ3n) is 9.27. The fraction of sp³-hybridized carbons (Fsp3) is 0. The molecule has 0 radical (unpaired) electrons. The second-order valence-electron chi connectivity index (χ2n) is 12.2. The number of hydrogen-bond acceptors (Lipinski definition) is 2. The topological polar surface area (TPSA) is 16.4 Å². The van der Waals surface area contributed by atoms with Crippen molar-refractivity contribution < 1.29 is 4.42 Å². The minimum Gasteiger partial charge on any atom is -0.456 e. The Kier molecular flexibility index (Phi) is 6.84. The van der Waals surface area contributed by atoms with E-state index >= 15 is 0 Å². The molecule has 0 bridgehead atoms. The van der Waals surface area contributed by atoms with Crippen LogP contribution < -0.4 is 4.90 Å². The fourth-order valence-corrected chi connectivity index (χ4v) is 6.95. The van der Waals surface area contributed by atoms with E-state index in [0.717, 1.165) is 50.5 Å². The molecule has 48 heavy (non-hydrogen) atoms. The highest BCUT2D eigenvalue weighted by Gasteiger charge is 2.19. The second kappa shape index (κ2) is 11.8. The van der Waals surface area contributed by atoms with Gasteiger partial charge in [-0.15, -0.1) is 0 Å². The minimum atomic E-state index is 0.873. The minimum absolute atomic E-state index is 0.873. The predicted octanol–water partition coefficient (Wildman–Crippen LogP) is 13.2. The van der Waals surface area contributed by atoms with Crippen LogP contribution in [0.3, 0.4) is 0 Å². The Labute approximate surface area is 279 Å². The van der Waals surface area contributed by atoms with Crippen molar-refractivity contribution in [1.82, 2.24) is 0 Å². The first kappa shape index (κ1) is 27.9. The Morgan fingerprint density at radius 1 is 0.354 bits per heavy atom. The summed E-state index contributed by atoms with van der Waals surface area (Å²) in [4.78, 5) is 2.38. The van der Waals surface area contributed by atoms with E-state index < -0.39 is 0 Å². The van der Waals surface area contributed by atoms with E-state index in [1.807, 2.05) is 18.2 Å². The van der Waals surface area contributed by atoms with Gasteiger partial charge in [0.15, 0.2) is 0 Å². The van der Waals surface area contributed by atoms with Gasteiger partial charge in [0.25, 0.3) is 0 Å². The summed E-state index contributed by atoms with van der Waals surface area (Å²) in [6, 6.07) is 66.9. The van der Waals surface area contributed by atoms with E-state index in [-0.39, 0.29) is 0 Å². The molecule has 8 aromatic carbocycles. The van der Waals surface area contributed by atoms with Crippen LogP contribution in [0.1, 0.15) is 0 Å². The summed E-state index contributed by atoms with van der Waals surface area (Å²) >= 11 is 0. The fourth-order valence-electron chi connectivity index (χ4n) is 6.95. The van der Waals surface area contributed by atoms with Gasteiger partial charge < -0.3 is 9.32 Å². The predicted molar refractivity (Wildman–Crippen MR) is 202 cm³/mol. The van der Waals surface area contributed by atoms with Crippen LogP contribution in [0, 0.1) is 0 Å². The number of anilines is 3. The van der Waals surface area contributed by atoms with E-state index in [1.54, 1.807) is 0 Å². The smallest absolute Gasteiger partial charge is 0.136 e. The SMILES string of the molecule is c1ccc(-c2ccccc2N(c2ccc(-c3ccccc3-c3cc4ccccc4o3)cc2)c2ccc3c(ccc4ccccc43)c2)cc1. The van der Waals surface area contributed by atoms with E-state index in [2.05, 4.69) is 175 Å². The average Bonchev–Trinajstić information content (AvgIpc) is 3.60. The van der Waals surface area contributed by atoms with Gasteiger partial charge >= 0.3 is 0 Å². The van der Waals surface area contributed by atoms with Crippen molar-refractivity contribution in [2.75, 3.05) is 4.90 Å². The normalized spacial score (nSPS) is 11.3. The third kappa shape index (κ3) is 4.92. The molecule has 0 aliphatic rings. The van der Waals surface area contributed by atoms with Crippen molar-refractivity contribution in [3.05, 3.63) is 188 Å². The van der Waals surface area contributed by atoms with Gasteiger partial charge in [0.1, 0.15) is 11.3 Å². The van der Waals surface area contributed by atoms with Gasteiger partial charge in [-0.3, -0.25) is 0 Å². The summed E-state index contributed by atoms with van der Waals surface area (Å²) in [5.74, 6) is 0.873. The highest BCUT2D eigenvalue weighted by Crippen LogP contribution is 2.43. The van der Waals surface area contributed by atoms with Gasteiger partial charge in [0.2, 0.25) is 0 Å². The molecule has 0 fully saturated rings. The number of furan rings is 1. The molecule has 0 aliphatic carbocycles. The van der Waals surface area contributed by atoms with Crippen LogP contribution in [0.5, 0.6) is 0 Å². The van der Waals surface area contributed by atoms with E-state index in [9.17, 15) is 0 Å².